The summed E-state index contributed by atoms with van der Waals surface area (Å²) in [5.41, 5.74) is 0.994. The van der Waals surface area contributed by atoms with Crippen LogP contribution in [0.2, 0.25) is 5.02 Å². The van der Waals surface area contributed by atoms with E-state index in [1.807, 2.05) is 25.5 Å². The Bertz CT molecular complexity index is 485. The minimum Gasteiger partial charge on any atom is -0.481 e. The van der Waals surface area contributed by atoms with Gasteiger partial charge in [0.15, 0.2) is 0 Å². The van der Waals surface area contributed by atoms with Crippen LogP contribution >= 0.6 is 11.6 Å². The van der Waals surface area contributed by atoms with Gasteiger partial charge in [-0.1, -0.05) is 45.2 Å². The van der Waals surface area contributed by atoms with E-state index >= 15 is 0 Å². The Balaban J connectivity index is 3.19. The van der Waals surface area contributed by atoms with Gasteiger partial charge in [-0.25, -0.2) is 0 Å². The zero-order valence-corrected chi connectivity index (χ0v) is 14.3. The van der Waals surface area contributed by atoms with Crippen LogP contribution in [0.5, 0.6) is 0 Å². The fourth-order valence-electron chi connectivity index (χ4n) is 2.75. The van der Waals surface area contributed by atoms with E-state index in [2.05, 4.69) is 12.0 Å². The second-order valence-corrected chi connectivity index (χ2v) is 5.97. The third-order valence-corrected chi connectivity index (χ3v) is 4.78. The molecule has 0 radical (unpaired) electrons. The molecule has 0 bridgehead atoms. The summed E-state index contributed by atoms with van der Waals surface area (Å²) in [6.45, 7) is 8.76. The van der Waals surface area contributed by atoms with Crippen LogP contribution in [-0.2, 0) is 24.2 Å². The Kier molecular flexibility index (Phi) is 6.72. The lowest BCUT2D eigenvalue weighted by Crippen LogP contribution is -2.33. The summed E-state index contributed by atoms with van der Waals surface area (Å²) in [5.74, 6) is -0.726. The normalized spacial score (nSPS) is 14.1. The average Bonchev–Trinajstić information content (AvgIpc) is 2.78. The molecule has 0 aliphatic rings. The highest BCUT2D eigenvalue weighted by Crippen LogP contribution is 2.36. The number of aromatic nitrogens is 2. The van der Waals surface area contributed by atoms with Crippen LogP contribution in [0.3, 0.4) is 0 Å². The van der Waals surface area contributed by atoms with Crippen molar-refractivity contribution in [3.8, 4) is 0 Å². The molecular weight excluding hydrogens is 288 g/mol. The number of hydrogen-bond donors (Lipinski definition) is 1. The van der Waals surface area contributed by atoms with E-state index in [0.29, 0.717) is 30.8 Å². The Morgan fingerprint density at radius 3 is 2.43 bits per heavy atom. The zero-order chi connectivity index (χ0) is 16.0. The molecule has 1 N–H and O–H groups in total. The van der Waals surface area contributed by atoms with Gasteiger partial charge in [-0.05, 0) is 26.2 Å². The van der Waals surface area contributed by atoms with E-state index in [4.69, 9.17) is 11.6 Å². The molecule has 4 nitrogen and oxygen atoms in total. The SMILES string of the molecule is CCCCC(CC)(Cc1c(Cl)c(CC)nn1CC)C(=O)O. The molecule has 1 unspecified atom stereocenters. The predicted molar refractivity (Wildman–Crippen MR) is 85.9 cm³/mol. The molecule has 0 spiro atoms. The smallest absolute Gasteiger partial charge is 0.310 e. The van der Waals surface area contributed by atoms with Gasteiger partial charge < -0.3 is 5.11 Å². The maximum atomic E-state index is 11.9. The first-order valence-corrected chi connectivity index (χ1v) is 8.30. The molecule has 0 aliphatic heterocycles. The van der Waals surface area contributed by atoms with Crippen LogP contribution in [0, 0.1) is 5.41 Å². The monoisotopic (exact) mass is 314 g/mol. The maximum absolute atomic E-state index is 11.9. The highest BCUT2D eigenvalue weighted by Gasteiger charge is 2.38. The van der Waals surface area contributed by atoms with E-state index in [1.165, 1.54) is 0 Å². The second kappa shape index (κ2) is 7.83. The first kappa shape index (κ1) is 18.0. The summed E-state index contributed by atoms with van der Waals surface area (Å²) in [5, 5.41) is 14.9. The van der Waals surface area contributed by atoms with Crippen LogP contribution in [0.15, 0.2) is 0 Å². The molecule has 1 atom stereocenters. The largest absolute Gasteiger partial charge is 0.481 e. The Morgan fingerprint density at radius 1 is 1.33 bits per heavy atom. The number of rotatable bonds is 9. The molecule has 21 heavy (non-hydrogen) atoms. The Labute approximate surface area is 132 Å². The first-order valence-electron chi connectivity index (χ1n) is 7.93. The molecule has 0 aliphatic carbocycles. The minimum absolute atomic E-state index is 0.457. The van der Waals surface area contributed by atoms with Crippen molar-refractivity contribution in [2.45, 2.75) is 72.8 Å². The molecule has 0 amide bonds. The van der Waals surface area contributed by atoms with Gasteiger partial charge in [-0.15, -0.1) is 0 Å². The lowest BCUT2D eigenvalue weighted by atomic mass is 9.76. The zero-order valence-electron chi connectivity index (χ0n) is 13.6. The Morgan fingerprint density at radius 2 is 2.00 bits per heavy atom. The van der Waals surface area contributed by atoms with E-state index < -0.39 is 11.4 Å². The van der Waals surface area contributed by atoms with Crippen molar-refractivity contribution < 1.29 is 9.90 Å². The van der Waals surface area contributed by atoms with Crippen molar-refractivity contribution in [1.82, 2.24) is 9.78 Å². The summed E-state index contributed by atoms with van der Waals surface area (Å²) in [6.07, 6.45) is 4.42. The highest BCUT2D eigenvalue weighted by molar-refractivity contribution is 6.31. The lowest BCUT2D eigenvalue weighted by molar-refractivity contribution is -0.149. The average molecular weight is 315 g/mol. The fourth-order valence-corrected chi connectivity index (χ4v) is 3.08. The Hall–Kier alpha value is -1.03. The van der Waals surface area contributed by atoms with Crippen LogP contribution in [0.4, 0.5) is 0 Å². The number of halogens is 1. The van der Waals surface area contributed by atoms with Gasteiger partial charge in [-0.2, -0.15) is 5.10 Å². The van der Waals surface area contributed by atoms with E-state index in [1.54, 1.807) is 0 Å². The first-order chi connectivity index (χ1) is 9.95. The molecule has 1 heterocycles. The van der Waals surface area contributed by atoms with Crippen molar-refractivity contribution in [2.75, 3.05) is 0 Å². The van der Waals surface area contributed by atoms with Gasteiger partial charge in [0.05, 0.1) is 21.8 Å². The number of carboxylic acid groups (broad SMARTS) is 1. The van der Waals surface area contributed by atoms with Gasteiger partial charge >= 0.3 is 5.97 Å². The van der Waals surface area contributed by atoms with Gasteiger partial charge in [-0.3, -0.25) is 9.48 Å². The van der Waals surface area contributed by atoms with Gasteiger partial charge in [0.25, 0.3) is 0 Å². The number of carbonyl (C=O) groups is 1. The molecular formula is C16H27ClN2O2. The van der Waals surface area contributed by atoms with Crippen molar-refractivity contribution in [3.05, 3.63) is 16.4 Å². The number of carboxylic acids is 1. The standard InChI is InChI=1S/C16H27ClN2O2/c1-5-9-10-16(7-3,15(20)21)11-13-14(17)12(6-2)18-19(13)8-4/h5-11H2,1-4H3,(H,20,21). The molecule has 120 valence electrons. The van der Waals surface area contributed by atoms with Crippen molar-refractivity contribution in [3.63, 3.8) is 0 Å². The van der Waals surface area contributed by atoms with Crippen LogP contribution < -0.4 is 0 Å². The van der Waals surface area contributed by atoms with Gasteiger partial charge in [0.1, 0.15) is 0 Å². The summed E-state index contributed by atoms with van der Waals surface area (Å²) in [6, 6.07) is 0. The van der Waals surface area contributed by atoms with E-state index in [-0.39, 0.29) is 0 Å². The van der Waals surface area contributed by atoms with Gasteiger partial charge in [0, 0.05) is 13.0 Å². The summed E-state index contributed by atoms with van der Waals surface area (Å²) < 4.78 is 1.86. The molecule has 1 aromatic rings. The molecule has 5 heteroatoms. The highest BCUT2D eigenvalue weighted by atomic mass is 35.5. The second-order valence-electron chi connectivity index (χ2n) is 5.60. The topological polar surface area (TPSA) is 55.1 Å². The summed E-state index contributed by atoms with van der Waals surface area (Å²) >= 11 is 6.43. The van der Waals surface area contributed by atoms with E-state index in [0.717, 1.165) is 30.7 Å². The lowest BCUT2D eigenvalue weighted by Gasteiger charge is -2.28. The van der Waals surface area contributed by atoms with Crippen LogP contribution in [0.25, 0.3) is 0 Å². The number of aliphatic carboxylic acids is 1. The predicted octanol–water partition coefficient (Wildman–Crippen LogP) is 4.33. The van der Waals surface area contributed by atoms with Crippen LogP contribution in [0.1, 0.15) is 64.8 Å². The molecule has 0 saturated heterocycles. The molecule has 0 fully saturated rings. The molecule has 1 aromatic heterocycles. The van der Waals surface area contributed by atoms with E-state index in [9.17, 15) is 9.90 Å². The molecule has 0 aromatic carbocycles. The summed E-state index contributed by atoms with van der Waals surface area (Å²) in [4.78, 5) is 11.9. The van der Waals surface area contributed by atoms with Crippen molar-refractivity contribution in [2.24, 2.45) is 5.41 Å². The van der Waals surface area contributed by atoms with Crippen molar-refractivity contribution in [1.29, 1.82) is 0 Å². The third kappa shape index (κ3) is 3.79. The van der Waals surface area contributed by atoms with Gasteiger partial charge in [0.2, 0.25) is 0 Å². The molecule has 0 saturated carbocycles. The third-order valence-electron chi connectivity index (χ3n) is 4.34. The van der Waals surface area contributed by atoms with Crippen molar-refractivity contribution >= 4 is 17.6 Å². The fraction of sp³-hybridized carbons (Fsp3) is 0.750. The molecule has 1 rings (SSSR count). The quantitative estimate of drug-likeness (QED) is 0.738. The number of hydrogen-bond acceptors (Lipinski definition) is 2. The number of aryl methyl sites for hydroxylation is 2. The minimum atomic E-state index is -0.738. The summed E-state index contributed by atoms with van der Waals surface area (Å²) in [7, 11) is 0. The van der Waals surface area contributed by atoms with Crippen LogP contribution in [-0.4, -0.2) is 20.9 Å². The number of unbranched alkanes of at least 4 members (excludes halogenated alkanes) is 1. The number of nitrogens with zero attached hydrogens (tertiary/aromatic N) is 2. The maximum Gasteiger partial charge on any atom is 0.310 e.